The second-order valence-electron chi connectivity index (χ2n) is 6.93. The van der Waals surface area contributed by atoms with E-state index in [0.29, 0.717) is 12.5 Å². The number of amides is 1. The number of carbonyl (C=O) groups excluding carboxylic acids is 1. The van der Waals surface area contributed by atoms with Gasteiger partial charge < -0.3 is 11.1 Å². The van der Waals surface area contributed by atoms with E-state index in [9.17, 15) is 4.79 Å². The van der Waals surface area contributed by atoms with E-state index >= 15 is 0 Å². The molecule has 0 radical (unpaired) electrons. The first-order valence-corrected chi connectivity index (χ1v) is 9.14. The van der Waals surface area contributed by atoms with Crippen LogP contribution in [0.4, 0.5) is 0 Å². The van der Waals surface area contributed by atoms with Crippen molar-refractivity contribution < 1.29 is 4.79 Å². The molecule has 0 saturated carbocycles. The molecule has 7 nitrogen and oxygen atoms in total. The lowest BCUT2D eigenvalue weighted by Gasteiger charge is -2.31. The topological polar surface area (TPSA) is 98.7 Å². The average Bonchev–Trinajstić information content (AvgIpc) is 2.87. The number of hydrogen-bond acceptors (Lipinski definition) is 5. The Kier molecular flexibility index (Phi) is 7.92. The molecule has 2 rings (SSSR count). The van der Waals surface area contributed by atoms with Gasteiger partial charge >= 0.3 is 0 Å². The van der Waals surface area contributed by atoms with E-state index in [1.807, 2.05) is 47.6 Å². The Morgan fingerprint density at radius 2 is 1.70 bits per heavy atom. The Morgan fingerprint density at radius 1 is 1.15 bits per heavy atom. The fourth-order valence-electron chi connectivity index (χ4n) is 3.19. The van der Waals surface area contributed by atoms with Gasteiger partial charge in [0.1, 0.15) is 0 Å². The van der Waals surface area contributed by atoms with Crippen molar-refractivity contribution in [2.24, 2.45) is 5.73 Å². The Balaban J connectivity index is 0.00000364. The number of aromatic nitrogens is 4. The van der Waals surface area contributed by atoms with Crippen molar-refractivity contribution in [3.05, 3.63) is 34.4 Å². The second-order valence-corrected chi connectivity index (χ2v) is 6.93. The van der Waals surface area contributed by atoms with Gasteiger partial charge in [-0.2, -0.15) is 5.10 Å². The smallest absolute Gasteiger partial charge is 0.251 e. The van der Waals surface area contributed by atoms with Crippen molar-refractivity contribution in [3.63, 3.8) is 0 Å². The van der Waals surface area contributed by atoms with Crippen molar-refractivity contribution in [1.82, 2.24) is 25.1 Å². The lowest BCUT2D eigenvalue weighted by atomic mass is 9.92. The summed E-state index contributed by atoms with van der Waals surface area (Å²) in [5.74, 6) is 0.499. The molecule has 0 bridgehead atoms. The van der Waals surface area contributed by atoms with E-state index < -0.39 is 0 Å². The Morgan fingerprint density at radius 3 is 2.19 bits per heavy atom. The first-order valence-electron chi connectivity index (χ1n) is 9.14. The quantitative estimate of drug-likeness (QED) is 0.751. The van der Waals surface area contributed by atoms with Gasteiger partial charge in [-0.25, -0.2) is 14.6 Å². The minimum Gasteiger partial charge on any atom is -0.349 e. The molecule has 2 aromatic rings. The molecule has 0 unspecified atom stereocenters. The highest BCUT2D eigenvalue weighted by Crippen LogP contribution is 2.19. The summed E-state index contributed by atoms with van der Waals surface area (Å²) >= 11 is 0. The van der Waals surface area contributed by atoms with Gasteiger partial charge in [0.15, 0.2) is 0 Å². The van der Waals surface area contributed by atoms with E-state index in [4.69, 9.17) is 5.73 Å². The van der Waals surface area contributed by atoms with Crippen LogP contribution in [0, 0.1) is 27.7 Å². The zero-order chi connectivity index (χ0) is 19.5. The highest BCUT2D eigenvalue weighted by Gasteiger charge is 2.27. The third kappa shape index (κ3) is 5.05. The molecule has 8 heteroatoms. The molecule has 3 N–H and O–H groups in total. The van der Waals surface area contributed by atoms with Crippen LogP contribution in [0.5, 0.6) is 0 Å². The summed E-state index contributed by atoms with van der Waals surface area (Å²) < 4.78 is 1.72. The molecule has 0 spiro atoms. The summed E-state index contributed by atoms with van der Waals surface area (Å²) in [4.78, 5) is 21.6. The van der Waals surface area contributed by atoms with Crippen LogP contribution in [0.25, 0.3) is 5.95 Å². The van der Waals surface area contributed by atoms with Crippen molar-refractivity contribution in [2.75, 3.05) is 6.54 Å². The van der Waals surface area contributed by atoms with Gasteiger partial charge in [0.2, 0.25) is 5.91 Å². The van der Waals surface area contributed by atoms with Crippen LogP contribution in [0.1, 0.15) is 55.0 Å². The summed E-state index contributed by atoms with van der Waals surface area (Å²) in [6.07, 6.45) is 1.88. The standard InChI is InChI=1S/C19H30N6O.ClH/c1-7-19(8-2,11-20)23-17(26)10-16-14(5)24-25(15(16)6)18-21-12(3)9-13(4)22-18;/h9H,7-8,10-11,20H2,1-6H3,(H,23,26);1H. The third-order valence-electron chi connectivity index (χ3n) is 5.09. The number of rotatable bonds is 7. The summed E-state index contributed by atoms with van der Waals surface area (Å²) in [6, 6.07) is 1.92. The molecular weight excluding hydrogens is 364 g/mol. The van der Waals surface area contributed by atoms with E-state index in [-0.39, 0.29) is 30.3 Å². The molecule has 27 heavy (non-hydrogen) atoms. The van der Waals surface area contributed by atoms with Crippen LogP contribution in [0.15, 0.2) is 6.07 Å². The van der Waals surface area contributed by atoms with E-state index in [0.717, 1.165) is 41.2 Å². The number of aryl methyl sites for hydroxylation is 3. The van der Waals surface area contributed by atoms with Gasteiger partial charge in [-0.05, 0) is 46.6 Å². The monoisotopic (exact) mass is 394 g/mol. The highest BCUT2D eigenvalue weighted by atomic mass is 35.5. The molecular formula is C19H31ClN6O. The van der Waals surface area contributed by atoms with Crippen LogP contribution >= 0.6 is 12.4 Å². The fraction of sp³-hybridized carbons (Fsp3) is 0.579. The summed E-state index contributed by atoms with van der Waals surface area (Å²) in [6.45, 7) is 12.2. The molecule has 150 valence electrons. The van der Waals surface area contributed by atoms with Crippen LogP contribution in [0.3, 0.4) is 0 Å². The molecule has 1 amide bonds. The van der Waals surface area contributed by atoms with E-state index in [2.05, 4.69) is 20.4 Å². The van der Waals surface area contributed by atoms with Crippen LogP contribution in [0.2, 0.25) is 0 Å². The summed E-state index contributed by atoms with van der Waals surface area (Å²) in [5, 5.41) is 7.68. The minimum atomic E-state index is -0.342. The second kappa shape index (κ2) is 9.28. The molecule has 0 fully saturated rings. The van der Waals surface area contributed by atoms with Crippen LogP contribution < -0.4 is 11.1 Å². The first-order chi connectivity index (χ1) is 12.2. The predicted molar refractivity (Wildman–Crippen MR) is 110 cm³/mol. The van der Waals surface area contributed by atoms with Gasteiger partial charge in [0, 0.05) is 29.2 Å². The van der Waals surface area contributed by atoms with Crippen molar-refractivity contribution >= 4 is 18.3 Å². The number of nitrogens with zero attached hydrogens (tertiary/aromatic N) is 4. The van der Waals surface area contributed by atoms with E-state index in [1.165, 1.54) is 0 Å². The molecule has 2 heterocycles. The van der Waals surface area contributed by atoms with Crippen molar-refractivity contribution in [3.8, 4) is 5.95 Å². The lowest BCUT2D eigenvalue weighted by molar-refractivity contribution is -0.122. The molecule has 0 saturated heterocycles. The van der Waals surface area contributed by atoms with Gasteiger partial charge in [-0.1, -0.05) is 13.8 Å². The Hall–Kier alpha value is -1.99. The maximum Gasteiger partial charge on any atom is 0.251 e. The normalized spacial score (nSPS) is 11.2. The maximum absolute atomic E-state index is 12.6. The molecule has 0 aromatic carbocycles. The fourth-order valence-corrected chi connectivity index (χ4v) is 3.19. The zero-order valence-corrected chi connectivity index (χ0v) is 17.9. The van der Waals surface area contributed by atoms with E-state index in [1.54, 1.807) is 4.68 Å². The maximum atomic E-state index is 12.6. The van der Waals surface area contributed by atoms with Crippen LogP contribution in [-0.4, -0.2) is 37.7 Å². The third-order valence-corrected chi connectivity index (χ3v) is 5.09. The number of carbonyl (C=O) groups is 1. The van der Waals surface area contributed by atoms with Crippen molar-refractivity contribution in [1.29, 1.82) is 0 Å². The molecule has 0 aliphatic carbocycles. The number of nitrogens with one attached hydrogen (secondary N) is 1. The van der Waals surface area contributed by atoms with Gasteiger partial charge in [0.25, 0.3) is 5.95 Å². The van der Waals surface area contributed by atoms with Gasteiger partial charge in [-0.3, -0.25) is 4.79 Å². The number of halogens is 1. The average molecular weight is 395 g/mol. The number of hydrogen-bond donors (Lipinski definition) is 2. The highest BCUT2D eigenvalue weighted by molar-refractivity contribution is 5.85. The van der Waals surface area contributed by atoms with Crippen LogP contribution in [-0.2, 0) is 11.2 Å². The molecule has 0 aliphatic rings. The first kappa shape index (κ1) is 23.0. The van der Waals surface area contributed by atoms with Crippen molar-refractivity contribution in [2.45, 2.75) is 66.3 Å². The molecule has 0 atom stereocenters. The Bertz CT molecular complexity index is 769. The molecule has 0 aliphatic heterocycles. The van der Waals surface area contributed by atoms with Gasteiger partial charge in [0.05, 0.1) is 17.7 Å². The van der Waals surface area contributed by atoms with Gasteiger partial charge in [-0.15, -0.1) is 12.4 Å². The lowest BCUT2D eigenvalue weighted by Crippen LogP contribution is -2.53. The SMILES string of the molecule is CCC(CC)(CN)NC(=O)Cc1c(C)nn(-c2nc(C)cc(C)n2)c1C.Cl. The largest absolute Gasteiger partial charge is 0.349 e. The summed E-state index contributed by atoms with van der Waals surface area (Å²) in [5.41, 5.74) is 9.92. The minimum absolute atomic E-state index is 0. The predicted octanol–water partition coefficient (Wildman–Crippen LogP) is 2.49. The number of nitrogens with two attached hydrogens (primary N) is 1. The zero-order valence-electron chi connectivity index (χ0n) is 17.1. The Labute approximate surface area is 167 Å². The molecule has 2 aromatic heterocycles. The summed E-state index contributed by atoms with van der Waals surface area (Å²) in [7, 11) is 0.